The summed E-state index contributed by atoms with van der Waals surface area (Å²) in [5.41, 5.74) is 0.323. The first-order valence-electron chi connectivity index (χ1n) is 4.62. The van der Waals surface area contributed by atoms with E-state index in [4.69, 9.17) is 9.47 Å². The second kappa shape index (κ2) is 4.89. The zero-order chi connectivity index (χ0) is 12.3. The molecular formula is C10H12O6. The third-order valence-electron chi connectivity index (χ3n) is 1.80. The highest BCUT2D eigenvalue weighted by molar-refractivity contribution is 5.99. The van der Waals surface area contributed by atoms with Crippen molar-refractivity contribution < 1.29 is 28.6 Å². The van der Waals surface area contributed by atoms with E-state index in [0.717, 1.165) is 6.92 Å². The number of carbonyl (C=O) groups excluding carboxylic acids is 3. The van der Waals surface area contributed by atoms with Crippen molar-refractivity contribution in [3.05, 3.63) is 11.6 Å². The minimum Gasteiger partial charge on any atom is -0.432 e. The zero-order valence-corrected chi connectivity index (χ0v) is 9.18. The molecule has 0 unspecified atom stereocenters. The summed E-state index contributed by atoms with van der Waals surface area (Å²) in [5, 5.41) is 0. The number of hydrogen-bond acceptors (Lipinski definition) is 6. The van der Waals surface area contributed by atoms with Crippen LogP contribution >= 0.6 is 0 Å². The molecule has 1 aliphatic rings. The van der Waals surface area contributed by atoms with Crippen molar-refractivity contribution in [1.82, 2.24) is 0 Å². The van der Waals surface area contributed by atoms with Crippen LogP contribution in [0.25, 0.3) is 0 Å². The topological polar surface area (TPSA) is 78.9 Å². The Kier molecular flexibility index (Phi) is 3.78. The van der Waals surface area contributed by atoms with Crippen LogP contribution in [0.1, 0.15) is 20.8 Å². The number of ether oxygens (including phenoxy) is 3. The smallest absolute Gasteiger partial charge is 0.305 e. The van der Waals surface area contributed by atoms with Gasteiger partial charge in [-0.2, -0.15) is 0 Å². The molecule has 1 aliphatic heterocycles. The van der Waals surface area contributed by atoms with Crippen molar-refractivity contribution in [2.45, 2.75) is 33.4 Å². The molecule has 0 aromatic heterocycles. The maximum Gasteiger partial charge on any atom is 0.305 e. The number of rotatable bonds is 2. The summed E-state index contributed by atoms with van der Waals surface area (Å²) in [4.78, 5) is 32.9. The molecule has 6 heteroatoms. The SMILES string of the molecule is CC(=O)O[C@@H]1C=C(C)C(=O)[C@@H](OC(C)=O)O1. The van der Waals surface area contributed by atoms with Crippen LogP contribution in [0.15, 0.2) is 11.6 Å². The van der Waals surface area contributed by atoms with E-state index in [1.54, 1.807) is 0 Å². The fraction of sp³-hybridized carbons (Fsp3) is 0.500. The predicted molar refractivity (Wildman–Crippen MR) is 51.0 cm³/mol. The van der Waals surface area contributed by atoms with Crippen molar-refractivity contribution in [3.8, 4) is 0 Å². The Bertz CT molecular complexity index is 356. The van der Waals surface area contributed by atoms with Gasteiger partial charge in [-0.25, -0.2) is 0 Å². The van der Waals surface area contributed by atoms with Gasteiger partial charge < -0.3 is 9.47 Å². The van der Waals surface area contributed by atoms with E-state index >= 15 is 0 Å². The summed E-state index contributed by atoms with van der Waals surface area (Å²) < 4.78 is 14.4. The van der Waals surface area contributed by atoms with Crippen molar-refractivity contribution in [2.75, 3.05) is 0 Å². The van der Waals surface area contributed by atoms with Gasteiger partial charge in [0.2, 0.25) is 12.1 Å². The molecule has 0 aliphatic carbocycles. The van der Waals surface area contributed by atoms with E-state index in [9.17, 15) is 14.4 Å². The molecule has 0 radical (unpaired) electrons. The average molecular weight is 228 g/mol. The molecule has 0 spiro atoms. The van der Waals surface area contributed by atoms with Gasteiger partial charge in [-0.3, -0.25) is 19.1 Å². The Hall–Kier alpha value is -1.69. The fourth-order valence-corrected chi connectivity index (χ4v) is 1.15. The molecule has 16 heavy (non-hydrogen) atoms. The Labute approximate surface area is 92.2 Å². The van der Waals surface area contributed by atoms with Gasteiger partial charge in [0.05, 0.1) is 0 Å². The lowest BCUT2D eigenvalue weighted by Gasteiger charge is -2.25. The Morgan fingerprint density at radius 1 is 1.25 bits per heavy atom. The van der Waals surface area contributed by atoms with E-state index < -0.39 is 30.3 Å². The van der Waals surface area contributed by atoms with Crippen LogP contribution in [0.5, 0.6) is 0 Å². The largest absolute Gasteiger partial charge is 0.432 e. The highest BCUT2D eigenvalue weighted by Crippen LogP contribution is 2.17. The van der Waals surface area contributed by atoms with Gasteiger partial charge in [-0.15, -0.1) is 0 Å². The minimum atomic E-state index is -1.34. The molecule has 1 rings (SSSR count). The van der Waals surface area contributed by atoms with Crippen LogP contribution in [0.2, 0.25) is 0 Å². The van der Waals surface area contributed by atoms with Crippen molar-refractivity contribution in [1.29, 1.82) is 0 Å². The predicted octanol–water partition coefficient (Wildman–Crippen LogP) is 0.310. The fourth-order valence-electron chi connectivity index (χ4n) is 1.15. The van der Waals surface area contributed by atoms with Crippen molar-refractivity contribution in [2.24, 2.45) is 0 Å². The van der Waals surface area contributed by atoms with Gasteiger partial charge in [-0.1, -0.05) is 0 Å². The third kappa shape index (κ3) is 3.16. The first kappa shape index (κ1) is 12.4. The zero-order valence-electron chi connectivity index (χ0n) is 9.18. The highest BCUT2D eigenvalue weighted by atomic mass is 16.8. The quantitative estimate of drug-likeness (QED) is 0.633. The first-order chi connectivity index (χ1) is 7.40. The molecule has 0 fully saturated rings. The summed E-state index contributed by atoms with van der Waals surface area (Å²) in [7, 11) is 0. The maximum atomic E-state index is 11.5. The number of ketones is 1. The molecule has 88 valence electrons. The second-order valence-corrected chi connectivity index (χ2v) is 3.27. The van der Waals surface area contributed by atoms with Crippen molar-refractivity contribution in [3.63, 3.8) is 0 Å². The average Bonchev–Trinajstić information content (AvgIpc) is 2.11. The lowest BCUT2D eigenvalue weighted by Crippen LogP contribution is -2.38. The molecule has 0 amide bonds. The number of Topliss-reactive ketones (excluding diaryl/α,β-unsaturated/α-hetero) is 1. The van der Waals surface area contributed by atoms with Crippen LogP contribution in [0.4, 0.5) is 0 Å². The van der Waals surface area contributed by atoms with Gasteiger partial charge in [0.15, 0.2) is 0 Å². The molecule has 0 N–H and O–H groups in total. The van der Waals surface area contributed by atoms with Crippen LogP contribution in [0.3, 0.4) is 0 Å². The number of carbonyl (C=O) groups is 3. The van der Waals surface area contributed by atoms with E-state index in [1.807, 2.05) is 0 Å². The van der Waals surface area contributed by atoms with E-state index in [2.05, 4.69) is 4.74 Å². The Balaban J connectivity index is 2.76. The molecule has 6 nitrogen and oxygen atoms in total. The summed E-state index contributed by atoms with van der Waals surface area (Å²) in [5.74, 6) is -1.65. The summed E-state index contributed by atoms with van der Waals surface area (Å²) in [6.45, 7) is 3.90. The van der Waals surface area contributed by atoms with Crippen LogP contribution in [-0.2, 0) is 28.6 Å². The number of hydrogen-bond donors (Lipinski definition) is 0. The molecule has 0 saturated heterocycles. The second-order valence-electron chi connectivity index (χ2n) is 3.27. The van der Waals surface area contributed by atoms with Gasteiger partial charge in [0.1, 0.15) is 0 Å². The molecular weight excluding hydrogens is 216 g/mol. The number of esters is 2. The standard InChI is InChI=1S/C10H12O6/c1-5-4-8(14-6(2)11)16-10(9(5)13)15-7(3)12/h4,8,10H,1-3H3/t8-,10-/m0/s1. The summed E-state index contributed by atoms with van der Waals surface area (Å²) in [6.07, 6.45) is -0.990. The van der Waals surface area contributed by atoms with Crippen LogP contribution in [0, 0.1) is 0 Å². The monoisotopic (exact) mass is 228 g/mol. The van der Waals surface area contributed by atoms with Gasteiger partial charge >= 0.3 is 11.9 Å². The molecule has 0 bridgehead atoms. The van der Waals surface area contributed by atoms with Gasteiger partial charge in [0.25, 0.3) is 6.29 Å². The molecule has 0 saturated carbocycles. The summed E-state index contributed by atoms with van der Waals surface area (Å²) in [6, 6.07) is 0. The van der Waals surface area contributed by atoms with E-state index in [0.29, 0.717) is 5.57 Å². The third-order valence-corrected chi connectivity index (χ3v) is 1.80. The van der Waals surface area contributed by atoms with Crippen LogP contribution < -0.4 is 0 Å². The maximum absolute atomic E-state index is 11.5. The molecule has 0 aromatic rings. The Morgan fingerprint density at radius 2 is 1.81 bits per heavy atom. The first-order valence-corrected chi connectivity index (χ1v) is 4.62. The highest BCUT2D eigenvalue weighted by Gasteiger charge is 2.32. The normalized spacial score (nSPS) is 24.7. The lowest BCUT2D eigenvalue weighted by molar-refractivity contribution is -0.223. The lowest BCUT2D eigenvalue weighted by atomic mass is 10.1. The van der Waals surface area contributed by atoms with Gasteiger partial charge in [0, 0.05) is 19.4 Å². The van der Waals surface area contributed by atoms with Crippen molar-refractivity contribution >= 4 is 17.7 Å². The van der Waals surface area contributed by atoms with E-state index in [1.165, 1.54) is 19.9 Å². The van der Waals surface area contributed by atoms with Crippen LogP contribution in [-0.4, -0.2) is 30.3 Å². The van der Waals surface area contributed by atoms with E-state index in [-0.39, 0.29) is 0 Å². The summed E-state index contributed by atoms with van der Waals surface area (Å²) >= 11 is 0. The molecule has 0 aromatic carbocycles. The minimum absolute atomic E-state index is 0.323. The van der Waals surface area contributed by atoms with Gasteiger partial charge in [-0.05, 0) is 13.0 Å². The Morgan fingerprint density at radius 3 is 2.31 bits per heavy atom. The molecule has 1 heterocycles. The molecule has 2 atom stereocenters.